The zero-order valence-electron chi connectivity index (χ0n) is 21.9. The molecule has 0 fully saturated rings. The second-order valence-electron chi connectivity index (χ2n) is 10.5. The molecule has 2 N–H and O–H groups in total. The Bertz CT molecular complexity index is 1360. The average molecular weight is 533 g/mol. The van der Waals surface area contributed by atoms with E-state index in [0.717, 1.165) is 0 Å². The Hall–Kier alpha value is -3.37. The van der Waals surface area contributed by atoms with E-state index in [1.165, 1.54) is 35.1 Å². The minimum Gasteiger partial charge on any atom is -0.493 e. The molecule has 204 valence electrons. The molecule has 1 aliphatic rings. The second-order valence-corrected chi connectivity index (χ2v) is 10.5. The lowest BCUT2D eigenvalue weighted by Crippen LogP contribution is -2.41. The highest BCUT2D eigenvalue weighted by Crippen LogP contribution is 2.58. The van der Waals surface area contributed by atoms with Gasteiger partial charge >= 0.3 is 12.1 Å². The van der Waals surface area contributed by atoms with E-state index in [4.69, 9.17) is 9.47 Å². The topological polar surface area (TPSA) is 93.8 Å². The Morgan fingerprint density at radius 2 is 1.76 bits per heavy atom. The molecule has 3 aromatic rings. The van der Waals surface area contributed by atoms with E-state index in [2.05, 4.69) is 5.10 Å². The van der Waals surface area contributed by atoms with E-state index >= 15 is 0 Å². The predicted molar refractivity (Wildman–Crippen MR) is 135 cm³/mol. The summed E-state index contributed by atoms with van der Waals surface area (Å²) in [5.41, 5.74) is -4.92. The SMILES string of the molecule is CCOC(=O)C(C)(C)n1cc(-c2cc(OCCC(C)(C)O)cc3c2-c2ccccc2[C@]3(O)C(F)(F)F)cn1. The van der Waals surface area contributed by atoms with Gasteiger partial charge in [-0.2, -0.15) is 18.3 Å². The largest absolute Gasteiger partial charge is 0.493 e. The van der Waals surface area contributed by atoms with Crippen molar-refractivity contribution in [1.29, 1.82) is 0 Å². The molecule has 0 bridgehead atoms. The van der Waals surface area contributed by atoms with Gasteiger partial charge in [0.15, 0.2) is 5.54 Å². The summed E-state index contributed by atoms with van der Waals surface area (Å²) < 4.78 is 55.8. The lowest BCUT2D eigenvalue weighted by atomic mass is 9.89. The van der Waals surface area contributed by atoms with Crippen molar-refractivity contribution in [2.45, 2.75) is 64.0 Å². The van der Waals surface area contributed by atoms with Crippen LogP contribution in [0, 0.1) is 0 Å². The standard InChI is InChI=1S/C28H31F3N2O5/c1-6-37-24(34)26(4,5)33-16-17(15-32-33)20-13-18(38-12-11-25(2,3)35)14-22-23(20)19-9-7-8-10-21(19)27(22,36)28(29,30)31/h7-10,13-16,35-36H,6,11-12H2,1-5H3/t27-/m1/s1. The number of alkyl halides is 3. The Morgan fingerprint density at radius 1 is 1.08 bits per heavy atom. The fourth-order valence-electron chi connectivity index (χ4n) is 4.56. The van der Waals surface area contributed by atoms with Gasteiger partial charge in [-0.05, 0) is 63.4 Å². The van der Waals surface area contributed by atoms with Crippen molar-refractivity contribution < 1.29 is 37.7 Å². The van der Waals surface area contributed by atoms with Gasteiger partial charge in [0.05, 0.1) is 25.0 Å². The molecule has 1 atom stereocenters. The van der Waals surface area contributed by atoms with Gasteiger partial charge in [-0.15, -0.1) is 0 Å². The summed E-state index contributed by atoms with van der Waals surface area (Å²) in [7, 11) is 0. The Kier molecular flexibility index (Phi) is 6.86. The van der Waals surface area contributed by atoms with Crippen LogP contribution in [0.15, 0.2) is 48.8 Å². The van der Waals surface area contributed by atoms with Crippen LogP contribution in [0.4, 0.5) is 13.2 Å². The number of fused-ring (bicyclic) bond motifs is 3. The first-order chi connectivity index (χ1) is 17.6. The molecular formula is C28H31F3N2O5. The third-order valence-electron chi connectivity index (χ3n) is 6.72. The zero-order chi connectivity index (χ0) is 28.1. The smallest absolute Gasteiger partial charge is 0.425 e. The molecule has 1 aromatic heterocycles. The minimum atomic E-state index is -5.02. The number of hydrogen-bond donors (Lipinski definition) is 2. The first-order valence-electron chi connectivity index (χ1n) is 12.3. The molecule has 7 nitrogen and oxygen atoms in total. The third-order valence-corrected chi connectivity index (χ3v) is 6.72. The van der Waals surface area contributed by atoms with E-state index in [1.807, 2.05) is 0 Å². The molecule has 0 radical (unpaired) electrons. The van der Waals surface area contributed by atoms with Crippen molar-refractivity contribution in [3.05, 3.63) is 59.9 Å². The molecule has 1 heterocycles. The fourth-order valence-corrected chi connectivity index (χ4v) is 4.56. The van der Waals surface area contributed by atoms with Crippen LogP contribution in [-0.4, -0.2) is 51.0 Å². The van der Waals surface area contributed by atoms with Crippen LogP contribution in [0.5, 0.6) is 5.75 Å². The highest BCUT2D eigenvalue weighted by molar-refractivity contribution is 5.93. The van der Waals surface area contributed by atoms with Crippen molar-refractivity contribution in [2.24, 2.45) is 0 Å². The molecule has 4 rings (SSSR count). The van der Waals surface area contributed by atoms with Gasteiger partial charge in [0.25, 0.3) is 0 Å². The van der Waals surface area contributed by atoms with Crippen LogP contribution in [0.1, 0.15) is 52.2 Å². The van der Waals surface area contributed by atoms with E-state index in [9.17, 15) is 28.2 Å². The maximum absolute atomic E-state index is 14.5. The van der Waals surface area contributed by atoms with Gasteiger partial charge in [0, 0.05) is 29.3 Å². The number of rotatable bonds is 8. The summed E-state index contributed by atoms with van der Waals surface area (Å²) >= 11 is 0. The highest BCUT2D eigenvalue weighted by atomic mass is 19.4. The lowest BCUT2D eigenvalue weighted by Gasteiger charge is -2.29. The summed E-state index contributed by atoms with van der Waals surface area (Å²) in [5, 5.41) is 25.6. The first kappa shape index (κ1) is 27.7. The fraction of sp³-hybridized carbons (Fsp3) is 0.429. The summed E-state index contributed by atoms with van der Waals surface area (Å²) in [5.74, 6) is -0.420. The Balaban J connectivity index is 1.92. The number of aromatic nitrogens is 2. The molecular weight excluding hydrogens is 501 g/mol. The third kappa shape index (κ3) is 4.67. The molecule has 38 heavy (non-hydrogen) atoms. The molecule has 0 saturated heterocycles. The molecule has 2 aromatic carbocycles. The van der Waals surface area contributed by atoms with Gasteiger partial charge in [-0.1, -0.05) is 24.3 Å². The maximum atomic E-state index is 14.5. The monoisotopic (exact) mass is 532 g/mol. The summed E-state index contributed by atoms with van der Waals surface area (Å²) in [6.07, 6.45) is -1.78. The van der Waals surface area contributed by atoms with Crippen molar-refractivity contribution in [3.63, 3.8) is 0 Å². The number of ether oxygens (including phenoxy) is 2. The minimum absolute atomic E-state index is 0.0360. The van der Waals surface area contributed by atoms with Crippen LogP contribution in [0.25, 0.3) is 22.3 Å². The number of carbonyl (C=O) groups is 1. The van der Waals surface area contributed by atoms with Crippen LogP contribution in [-0.2, 0) is 20.7 Å². The predicted octanol–water partition coefficient (Wildman–Crippen LogP) is 5.17. The molecule has 0 unspecified atom stereocenters. The first-order valence-corrected chi connectivity index (χ1v) is 12.3. The Morgan fingerprint density at radius 3 is 2.39 bits per heavy atom. The van der Waals surface area contributed by atoms with E-state index in [-0.39, 0.29) is 47.6 Å². The lowest BCUT2D eigenvalue weighted by molar-refractivity contribution is -0.246. The Labute approximate surface area is 218 Å². The van der Waals surface area contributed by atoms with Crippen LogP contribution in [0.3, 0.4) is 0 Å². The van der Waals surface area contributed by atoms with E-state index < -0.39 is 28.9 Å². The molecule has 10 heteroatoms. The average Bonchev–Trinajstić information content (AvgIpc) is 3.41. The van der Waals surface area contributed by atoms with Crippen molar-refractivity contribution in [3.8, 4) is 28.0 Å². The quantitative estimate of drug-likeness (QED) is 0.389. The van der Waals surface area contributed by atoms with Gasteiger partial charge in [-0.3, -0.25) is 4.68 Å². The normalized spacial score (nSPS) is 17.2. The van der Waals surface area contributed by atoms with Crippen LogP contribution in [0.2, 0.25) is 0 Å². The van der Waals surface area contributed by atoms with Gasteiger partial charge in [0.2, 0.25) is 5.60 Å². The number of halogens is 3. The van der Waals surface area contributed by atoms with Crippen molar-refractivity contribution in [2.75, 3.05) is 13.2 Å². The van der Waals surface area contributed by atoms with E-state index in [1.54, 1.807) is 52.9 Å². The van der Waals surface area contributed by atoms with Crippen molar-refractivity contribution in [1.82, 2.24) is 9.78 Å². The molecule has 0 spiro atoms. The highest BCUT2D eigenvalue weighted by Gasteiger charge is 2.61. The van der Waals surface area contributed by atoms with Gasteiger partial charge in [-0.25, -0.2) is 4.79 Å². The van der Waals surface area contributed by atoms with E-state index in [0.29, 0.717) is 11.1 Å². The van der Waals surface area contributed by atoms with Gasteiger partial charge < -0.3 is 19.7 Å². The van der Waals surface area contributed by atoms with Crippen LogP contribution < -0.4 is 4.74 Å². The second kappa shape index (κ2) is 9.43. The van der Waals surface area contributed by atoms with Gasteiger partial charge in [0.1, 0.15) is 5.75 Å². The number of esters is 1. The zero-order valence-corrected chi connectivity index (χ0v) is 21.9. The summed E-state index contributed by atoms with van der Waals surface area (Å²) in [6.45, 7) is 8.36. The molecule has 0 saturated carbocycles. The van der Waals surface area contributed by atoms with Crippen molar-refractivity contribution >= 4 is 5.97 Å². The maximum Gasteiger partial charge on any atom is 0.425 e. The number of aliphatic hydroxyl groups is 2. The number of nitrogens with zero attached hydrogens (tertiary/aromatic N) is 2. The summed E-state index contributed by atoms with van der Waals surface area (Å²) in [4.78, 5) is 12.5. The number of hydrogen-bond acceptors (Lipinski definition) is 6. The number of carbonyl (C=O) groups excluding carboxylic acids is 1. The number of benzene rings is 2. The molecule has 0 aliphatic heterocycles. The van der Waals surface area contributed by atoms with Crippen LogP contribution >= 0.6 is 0 Å². The molecule has 1 aliphatic carbocycles. The summed E-state index contributed by atoms with van der Waals surface area (Å²) in [6, 6.07) is 8.62. The molecule has 0 amide bonds.